The van der Waals surface area contributed by atoms with E-state index >= 15 is 0 Å². The second kappa shape index (κ2) is 7.06. The summed E-state index contributed by atoms with van der Waals surface area (Å²) in [4.78, 5) is 25.2. The molecule has 0 saturated heterocycles. The van der Waals surface area contributed by atoms with Crippen LogP contribution in [0, 0.1) is 6.92 Å². The van der Waals surface area contributed by atoms with E-state index in [1.807, 2.05) is 72.0 Å². The molecular formula is C19H24N6O2+2. The lowest BCUT2D eigenvalue weighted by molar-refractivity contribution is -0.672. The summed E-state index contributed by atoms with van der Waals surface area (Å²) in [5, 5.41) is 5.81. The standard InChI is InChI=1S/C19H22N6O2/c1-13-6-7-14(20-16(26)18-22(2)8-9-23(18)3)12-15(13)21-17(27)19-24(4)10-11-25(19)5/h6-12H,1-5H3/p+2. The Kier molecular flexibility index (Phi) is 4.81. The number of aryl methyl sites for hydroxylation is 5. The molecule has 0 aliphatic heterocycles. The second-order valence-corrected chi connectivity index (χ2v) is 6.63. The van der Waals surface area contributed by atoms with Gasteiger partial charge in [-0.15, -0.1) is 0 Å². The average molecular weight is 368 g/mol. The van der Waals surface area contributed by atoms with Crippen molar-refractivity contribution in [3.63, 3.8) is 0 Å². The van der Waals surface area contributed by atoms with Crippen LogP contribution in [0.5, 0.6) is 0 Å². The number of nitrogens with zero attached hydrogens (tertiary/aromatic N) is 4. The van der Waals surface area contributed by atoms with Crippen LogP contribution in [0.1, 0.15) is 26.8 Å². The molecule has 0 saturated carbocycles. The van der Waals surface area contributed by atoms with Crippen LogP contribution in [-0.2, 0) is 28.2 Å². The molecule has 0 radical (unpaired) electrons. The summed E-state index contributed by atoms with van der Waals surface area (Å²) in [6.45, 7) is 1.91. The minimum absolute atomic E-state index is 0.217. The van der Waals surface area contributed by atoms with Gasteiger partial charge in [0.25, 0.3) is 0 Å². The highest BCUT2D eigenvalue weighted by atomic mass is 16.2. The maximum absolute atomic E-state index is 12.6. The lowest BCUT2D eigenvalue weighted by atomic mass is 10.1. The zero-order chi connectivity index (χ0) is 19.7. The van der Waals surface area contributed by atoms with Crippen LogP contribution < -0.4 is 19.8 Å². The summed E-state index contributed by atoms with van der Waals surface area (Å²) in [5.41, 5.74) is 2.16. The number of aromatic nitrogens is 4. The monoisotopic (exact) mass is 368 g/mol. The first-order chi connectivity index (χ1) is 12.8. The highest BCUT2D eigenvalue weighted by Gasteiger charge is 2.23. The number of benzene rings is 1. The highest BCUT2D eigenvalue weighted by Crippen LogP contribution is 2.21. The Balaban J connectivity index is 1.82. The third kappa shape index (κ3) is 3.59. The number of anilines is 2. The molecule has 0 aliphatic rings. The molecule has 0 unspecified atom stereocenters. The van der Waals surface area contributed by atoms with Crippen molar-refractivity contribution in [2.45, 2.75) is 6.92 Å². The molecule has 2 heterocycles. The Morgan fingerprint density at radius 3 is 1.89 bits per heavy atom. The lowest BCUT2D eigenvalue weighted by Gasteiger charge is -2.10. The predicted octanol–water partition coefficient (Wildman–Crippen LogP) is 0.826. The van der Waals surface area contributed by atoms with Crippen molar-refractivity contribution in [1.82, 2.24) is 9.13 Å². The molecule has 8 nitrogen and oxygen atoms in total. The zero-order valence-electron chi connectivity index (χ0n) is 16.1. The van der Waals surface area contributed by atoms with Crippen molar-refractivity contribution in [1.29, 1.82) is 0 Å². The first kappa shape index (κ1) is 18.4. The van der Waals surface area contributed by atoms with E-state index < -0.39 is 0 Å². The third-order valence-electron chi connectivity index (χ3n) is 4.51. The summed E-state index contributed by atoms with van der Waals surface area (Å²) >= 11 is 0. The smallest absolute Gasteiger partial charge is 0.315 e. The van der Waals surface area contributed by atoms with Crippen LogP contribution >= 0.6 is 0 Å². The van der Waals surface area contributed by atoms with E-state index in [2.05, 4.69) is 10.6 Å². The SMILES string of the molecule is Cc1ccc(NC(=O)c2n(C)cc[n+]2C)cc1NC(=O)c1n(C)cc[n+]1C. The Labute approximate surface area is 157 Å². The predicted molar refractivity (Wildman–Crippen MR) is 100 cm³/mol. The van der Waals surface area contributed by atoms with E-state index in [-0.39, 0.29) is 11.8 Å². The van der Waals surface area contributed by atoms with Crippen LogP contribution in [0.3, 0.4) is 0 Å². The van der Waals surface area contributed by atoms with Gasteiger partial charge >= 0.3 is 23.5 Å². The van der Waals surface area contributed by atoms with Gasteiger partial charge in [-0.2, -0.15) is 0 Å². The van der Waals surface area contributed by atoms with Crippen LogP contribution in [0.2, 0.25) is 0 Å². The van der Waals surface area contributed by atoms with Crippen molar-refractivity contribution in [2.75, 3.05) is 10.6 Å². The van der Waals surface area contributed by atoms with Gasteiger partial charge in [0.1, 0.15) is 24.8 Å². The van der Waals surface area contributed by atoms with Gasteiger partial charge in [-0.25, -0.2) is 18.3 Å². The average Bonchev–Trinajstić information content (AvgIpc) is 3.12. The quantitative estimate of drug-likeness (QED) is 0.669. The van der Waals surface area contributed by atoms with Gasteiger partial charge in [0.15, 0.2) is 0 Å². The van der Waals surface area contributed by atoms with E-state index in [0.29, 0.717) is 23.0 Å². The van der Waals surface area contributed by atoms with Crippen LogP contribution in [0.25, 0.3) is 0 Å². The molecule has 0 fully saturated rings. The second-order valence-electron chi connectivity index (χ2n) is 6.63. The maximum atomic E-state index is 12.6. The molecule has 3 aromatic rings. The number of carbonyl (C=O) groups excluding carboxylic acids is 2. The molecule has 27 heavy (non-hydrogen) atoms. The molecule has 2 N–H and O–H groups in total. The van der Waals surface area contributed by atoms with Crippen LogP contribution in [-0.4, -0.2) is 20.9 Å². The molecule has 0 spiro atoms. The van der Waals surface area contributed by atoms with Crippen LogP contribution in [0.15, 0.2) is 43.0 Å². The molecule has 2 amide bonds. The van der Waals surface area contributed by atoms with Gasteiger partial charge in [0.2, 0.25) is 0 Å². The Bertz CT molecular complexity index is 992. The molecule has 1 aromatic carbocycles. The number of rotatable bonds is 4. The molecule has 0 atom stereocenters. The van der Waals surface area contributed by atoms with Crippen molar-refractivity contribution >= 4 is 23.2 Å². The van der Waals surface area contributed by atoms with Crippen molar-refractivity contribution in [3.8, 4) is 0 Å². The summed E-state index contributed by atoms with van der Waals surface area (Å²) in [5.74, 6) is 0.613. The largest absolute Gasteiger partial charge is 0.347 e. The normalized spacial score (nSPS) is 10.7. The van der Waals surface area contributed by atoms with E-state index in [1.54, 1.807) is 24.3 Å². The van der Waals surface area contributed by atoms with E-state index in [9.17, 15) is 9.59 Å². The number of nitrogens with one attached hydrogen (secondary N) is 2. The number of hydrogen-bond donors (Lipinski definition) is 2. The molecular weight excluding hydrogens is 344 g/mol. The molecule has 0 aliphatic carbocycles. The first-order valence-corrected chi connectivity index (χ1v) is 8.53. The minimum atomic E-state index is -0.222. The summed E-state index contributed by atoms with van der Waals surface area (Å²) < 4.78 is 7.01. The molecule has 8 heteroatoms. The van der Waals surface area contributed by atoms with Crippen LogP contribution in [0.4, 0.5) is 11.4 Å². The fourth-order valence-electron chi connectivity index (χ4n) is 3.02. The maximum Gasteiger partial charge on any atom is 0.347 e. The number of hydrogen-bond acceptors (Lipinski definition) is 2. The lowest BCUT2D eigenvalue weighted by Crippen LogP contribution is -2.37. The van der Waals surface area contributed by atoms with E-state index in [0.717, 1.165) is 5.56 Å². The summed E-state index contributed by atoms with van der Waals surface area (Å²) in [6, 6.07) is 5.44. The highest BCUT2D eigenvalue weighted by molar-refractivity contribution is 6.03. The van der Waals surface area contributed by atoms with Gasteiger partial charge in [-0.1, -0.05) is 6.07 Å². The van der Waals surface area contributed by atoms with Gasteiger partial charge in [-0.3, -0.25) is 9.59 Å². The number of carbonyl (C=O) groups is 2. The van der Waals surface area contributed by atoms with Crippen molar-refractivity contribution in [3.05, 3.63) is 60.2 Å². The van der Waals surface area contributed by atoms with Gasteiger partial charge < -0.3 is 10.6 Å². The fourth-order valence-corrected chi connectivity index (χ4v) is 3.02. The van der Waals surface area contributed by atoms with Gasteiger partial charge in [0, 0.05) is 11.4 Å². The van der Waals surface area contributed by atoms with Gasteiger partial charge in [0.05, 0.1) is 28.2 Å². The Hall–Kier alpha value is -3.42. The van der Waals surface area contributed by atoms with Gasteiger partial charge in [-0.05, 0) is 24.6 Å². The molecule has 2 aromatic heterocycles. The molecule has 140 valence electrons. The summed E-state index contributed by atoms with van der Waals surface area (Å²) in [7, 11) is 7.27. The first-order valence-electron chi connectivity index (χ1n) is 8.53. The number of imidazole rings is 2. The Morgan fingerprint density at radius 2 is 1.41 bits per heavy atom. The third-order valence-corrected chi connectivity index (χ3v) is 4.51. The zero-order valence-corrected chi connectivity index (χ0v) is 16.1. The molecule has 3 rings (SSSR count). The molecule has 0 bridgehead atoms. The minimum Gasteiger partial charge on any atom is -0.315 e. The Morgan fingerprint density at radius 1 is 0.889 bits per heavy atom. The topological polar surface area (TPSA) is 75.8 Å². The van der Waals surface area contributed by atoms with Crippen molar-refractivity contribution in [2.24, 2.45) is 28.2 Å². The summed E-state index contributed by atoms with van der Waals surface area (Å²) in [6.07, 6.45) is 7.27. The van der Waals surface area contributed by atoms with Crippen molar-refractivity contribution < 1.29 is 18.7 Å². The van der Waals surface area contributed by atoms with E-state index in [4.69, 9.17) is 0 Å². The number of amides is 2. The fraction of sp³-hybridized carbons (Fsp3) is 0.263. The van der Waals surface area contributed by atoms with E-state index in [1.165, 1.54) is 0 Å².